The number of amides is 1. The number of piperidine rings is 1. The Hall–Kier alpha value is -2.37. The zero-order valence-corrected chi connectivity index (χ0v) is 14.4. The Morgan fingerprint density at radius 2 is 2.12 bits per heavy atom. The molecule has 24 heavy (non-hydrogen) atoms. The highest BCUT2D eigenvalue weighted by Crippen LogP contribution is 2.25. The molecule has 3 rings (SSSR count). The summed E-state index contributed by atoms with van der Waals surface area (Å²) in [6, 6.07) is 3.48. The number of nitrogens with one attached hydrogen (secondary N) is 2. The van der Waals surface area contributed by atoms with Gasteiger partial charge >= 0.3 is 0 Å². The van der Waals surface area contributed by atoms with Crippen LogP contribution in [0.1, 0.15) is 66.1 Å². The molecular formula is C18H24N4O2. The van der Waals surface area contributed by atoms with E-state index in [1.165, 1.54) is 0 Å². The molecule has 128 valence electrons. The predicted molar refractivity (Wildman–Crippen MR) is 92.4 cm³/mol. The Kier molecular flexibility index (Phi) is 4.55. The molecule has 1 amide bonds. The number of aryl methyl sites for hydroxylation is 1. The number of hydrogen-bond acceptors (Lipinski definition) is 3. The molecule has 2 aromatic heterocycles. The molecule has 0 saturated carbocycles. The lowest BCUT2D eigenvalue weighted by molar-refractivity contribution is 0.0703. The van der Waals surface area contributed by atoms with Crippen molar-refractivity contribution >= 4 is 5.91 Å². The Morgan fingerprint density at radius 3 is 2.75 bits per heavy atom. The second-order valence-electron chi connectivity index (χ2n) is 6.85. The van der Waals surface area contributed by atoms with Gasteiger partial charge in [0.05, 0.1) is 0 Å². The van der Waals surface area contributed by atoms with Crippen molar-refractivity contribution in [3.63, 3.8) is 0 Å². The highest BCUT2D eigenvalue weighted by atomic mass is 16.2. The number of aromatic nitrogens is 3. The molecule has 0 aromatic carbocycles. The number of aromatic amines is 2. The summed E-state index contributed by atoms with van der Waals surface area (Å²) >= 11 is 0. The van der Waals surface area contributed by atoms with Crippen LogP contribution in [0.3, 0.4) is 0 Å². The highest BCUT2D eigenvalue weighted by Gasteiger charge is 2.28. The van der Waals surface area contributed by atoms with Crippen molar-refractivity contribution < 1.29 is 4.79 Å². The third-order valence-corrected chi connectivity index (χ3v) is 4.60. The maximum atomic E-state index is 12.8. The van der Waals surface area contributed by atoms with Gasteiger partial charge in [0, 0.05) is 36.6 Å². The van der Waals surface area contributed by atoms with Crippen LogP contribution in [0.4, 0.5) is 0 Å². The minimum absolute atomic E-state index is 0.195. The topological polar surface area (TPSA) is 81.8 Å². The van der Waals surface area contributed by atoms with Gasteiger partial charge in [0.25, 0.3) is 11.5 Å². The normalized spacial score (nSPS) is 18.2. The van der Waals surface area contributed by atoms with Crippen LogP contribution in [0.2, 0.25) is 0 Å². The van der Waals surface area contributed by atoms with E-state index < -0.39 is 0 Å². The van der Waals surface area contributed by atoms with E-state index in [-0.39, 0.29) is 28.9 Å². The predicted octanol–water partition coefficient (Wildman–Crippen LogP) is 2.55. The summed E-state index contributed by atoms with van der Waals surface area (Å²) in [5, 5.41) is 0. The van der Waals surface area contributed by atoms with E-state index in [1.54, 1.807) is 11.0 Å². The van der Waals surface area contributed by atoms with Gasteiger partial charge in [0.1, 0.15) is 11.4 Å². The number of pyridine rings is 1. The Labute approximate surface area is 141 Å². The smallest absolute Gasteiger partial charge is 0.261 e. The van der Waals surface area contributed by atoms with E-state index >= 15 is 0 Å². The van der Waals surface area contributed by atoms with Crippen LogP contribution in [0.25, 0.3) is 0 Å². The molecule has 0 bridgehead atoms. The molecule has 0 aliphatic carbocycles. The summed E-state index contributed by atoms with van der Waals surface area (Å²) < 4.78 is 0. The number of imidazole rings is 1. The van der Waals surface area contributed by atoms with E-state index in [0.717, 1.165) is 30.1 Å². The van der Waals surface area contributed by atoms with Crippen LogP contribution in [-0.4, -0.2) is 38.8 Å². The lowest BCUT2D eigenvalue weighted by Gasteiger charge is -2.31. The first-order valence-corrected chi connectivity index (χ1v) is 8.49. The summed E-state index contributed by atoms with van der Waals surface area (Å²) in [6.07, 6.45) is 3.73. The second kappa shape index (κ2) is 6.63. The van der Waals surface area contributed by atoms with Crippen LogP contribution in [0.5, 0.6) is 0 Å². The van der Waals surface area contributed by atoms with Crippen molar-refractivity contribution in [3.05, 3.63) is 51.5 Å². The maximum absolute atomic E-state index is 12.8. The van der Waals surface area contributed by atoms with Crippen molar-refractivity contribution in [3.8, 4) is 0 Å². The number of rotatable bonds is 3. The monoisotopic (exact) mass is 328 g/mol. The van der Waals surface area contributed by atoms with Crippen molar-refractivity contribution in [1.29, 1.82) is 0 Å². The van der Waals surface area contributed by atoms with Crippen molar-refractivity contribution in [2.24, 2.45) is 0 Å². The van der Waals surface area contributed by atoms with Gasteiger partial charge in [-0.3, -0.25) is 9.59 Å². The van der Waals surface area contributed by atoms with Gasteiger partial charge in [-0.2, -0.15) is 0 Å². The molecule has 0 radical (unpaired) electrons. The van der Waals surface area contributed by atoms with Gasteiger partial charge in [0.2, 0.25) is 0 Å². The van der Waals surface area contributed by atoms with Gasteiger partial charge in [0.15, 0.2) is 0 Å². The van der Waals surface area contributed by atoms with Gasteiger partial charge in [-0.05, 0) is 37.8 Å². The first kappa shape index (κ1) is 16.5. The lowest BCUT2D eigenvalue weighted by Crippen LogP contribution is -2.41. The minimum Gasteiger partial charge on any atom is -0.346 e. The lowest BCUT2D eigenvalue weighted by atomic mass is 9.96. The molecule has 1 atom stereocenters. The molecule has 1 fully saturated rings. The minimum atomic E-state index is -0.304. The van der Waals surface area contributed by atoms with E-state index in [4.69, 9.17) is 0 Å². The number of likely N-dealkylation sites (tertiary alicyclic amines) is 1. The summed E-state index contributed by atoms with van der Waals surface area (Å²) in [6.45, 7) is 7.26. The fourth-order valence-corrected chi connectivity index (χ4v) is 3.19. The van der Waals surface area contributed by atoms with Crippen molar-refractivity contribution in [2.45, 2.75) is 45.4 Å². The average Bonchev–Trinajstić information content (AvgIpc) is 3.01. The van der Waals surface area contributed by atoms with Gasteiger partial charge in [-0.25, -0.2) is 4.98 Å². The van der Waals surface area contributed by atoms with E-state index in [1.807, 2.05) is 33.0 Å². The zero-order valence-electron chi connectivity index (χ0n) is 14.4. The Balaban J connectivity index is 1.78. The number of nitrogens with zero attached hydrogens (tertiary/aromatic N) is 2. The molecule has 3 heterocycles. The number of hydrogen-bond donors (Lipinski definition) is 2. The molecule has 1 saturated heterocycles. The molecule has 1 aliphatic rings. The van der Waals surface area contributed by atoms with Crippen molar-refractivity contribution in [1.82, 2.24) is 19.9 Å². The second-order valence-corrected chi connectivity index (χ2v) is 6.85. The zero-order chi connectivity index (χ0) is 17.3. The van der Waals surface area contributed by atoms with E-state index in [9.17, 15) is 9.59 Å². The van der Waals surface area contributed by atoms with Gasteiger partial charge in [-0.1, -0.05) is 13.8 Å². The van der Waals surface area contributed by atoms with E-state index in [2.05, 4.69) is 15.0 Å². The molecule has 2 N–H and O–H groups in total. The Morgan fingerprint density at radius 1 is 1.33 bits per heavy atom. The number of carbonyl (C=O) groups is 1. The quantitative estimate of drug-likeness (QED) is 0.908. The summed E-state index contributed by atoms with van der Waals surface area (Å²) in [5.74, 6) is 1.16. The molecule has 0 spiro atoms. The largest absolute Gasteiger partial charge is 0.346 e. The Bertz CT molecular complexity index is 790. The standard InChI is InChI=1S/C18H24N4O2/c1-11(2)15-7-6-14(17(23)21-15)18(24)22-8-4-5-13(10-22)16-19-9-12(3)20-16/h6-7,9,11,13H,4-5,8,10H2,1-3H3,(H,19,20)(H,21,23)/t13-/m1/s1. The van der Waals surface area contributed by atoms with Gasteiger partial charge < -0.3 is 14.9 Å². The first-order valence-electron chi connectivity index (χ1n) is 8.49. The summed E-state index contributed by atoms with van der Waals surface area (Å²) in [5.41, 5.74) is 1.78. The third kappa shape index (κ3) is 3.27. The fraction of sp³-hybridized carbons (Fsp3) is 0.500. The molecule has 0 unspecified atom stereocenters. The maximum Gasteiger partial charge on any atom is 0.261 e. The summed E-state index contributed by atoms with van der Waals surface area (Å²) in [7, 11) is 0. The SMILES string of the molecule is Cc1cnc([C@@H]2CCCN(C(=O)c3ccc(C(C)C)[nH]c3=O)C2)[nH]1. The average molecular weight is 328 g/mol. The molecular weight excluding hydrogens is 304 g/mol. The molecule has 6 nitrogen and oxygen atoms in total. The van der Waals surface area contributed by atoms with Crippen molar-refractivity contribution in [2.75, 3.05) is 13.1 Å². The molecule has 2 aromatic rings. The molecule has 1 aliphatic heterocycles. The van der Waals surface area contributed by atoms with E-state index in [0.29, 0.717) is 13.1 Å². The third-order valence-electron chi connectivity index (χ3n) is 4.60. The number of carbonyl (C=O) groups excluding carboxylic acids is 1. The van der Waals surface area contributed by atoms with Crippen LogP contribution >= 0.6 is 0 Å². The molecule has 6 heteroatoms. The van der Waals surface area contributed by atoms with Gasteiger partial charge in [-0.15, -0.1) is 0 Å². The van der Waals surface area contributed by atoms with Crippen LogP contribution in [0.15, 0.2) is 23.1 Å². The van der Waals surface area contributed by atoms with Crippen LogP contribution in [-0.2, 0) is 0 Å². The first-order chi connectivity index (χ1) is 11.5. The van der Waals surface area contributed by atoms with Crippen LogP contribution in [0, 0.1) is 6.92 Å². The number of H-pyrrole nitrogens is 2. The fourth-order valence-electron chi connectivity index (χ4n) is 3.19. The van der Waals surface area contributed by atoms with Crippen LogP contribution < -0.4 is 5.56 Å². The highest BCUT2D eigenvalue weighted by molar-refractivity contribution is 5.94. The summed E-state index contributed by atoms with van der Waals surface area (Å²) in [4.78, 5) is 37.3.